The number of carbonyl (C=O) groups excluding carboxylic acids is 1. The first-order valence-electron chi connectivity index (χ1n) is 6.61. The van der Waals surface area contributed by atoms with Gasteiger partial charge in [-0.2, -0.15) is 0 Å². The lowest BCUT2D eigenvalue weighted by molar-refractivity contribution is -0.116. The zero-order chi connectivity index (χ0) is 15.9. The first-order valence-corrected chi connectivity index (χ1v) is 7.36. The third-order valence-corrected chi connectivity index (χ3v) is 3.50. The van der Waals surface area contributed by atoms with Gasteiger partial charge in [0, 0.05) is 6.07 Å². The van der Waals surface area contributed by atoms with Gasteiger partial charge in [-0.3, -0.25) is 4.79 Å². The molecular formula is C16H15Cl2NO3. The fourth-order valence-corrected chi connectivity index (χ4v) is 2.16. The van der Waals surface area contributed by atoms with Gasteiger partial charge in [0.05, 0.1) is 35.9 Å². The summed E-state index contributed by atoms with van der Waals surface area (Å²) in [6.45, 7) is 0.226. The third kappa shape index (κ3) is 4.55. The van der Waals surface area contributed by atoms with Gasteiger partial charge in [0.2, 0.25) is 5.91 Å². The second kappa shape index (κ2) is 7.92. The van der Waals surface area contributed by atoms with Gasteiger partial charge in [0.1, 0.15) is 11.5 Å². The summed E-state index contributed by atoms with van der Waals surface area (Å²) < 4.78 is 10.5. The molecule has 0 atom stereocenters. The average molecular weight is 340 g/mol. The van der Waals surface area contributed by atoms with Crippen molar-refractivity contribution in [1.82, 2.24) is 0 Å². The van der Waals surface area contributed by atoms with E-state index in [0.717, 1.165) is 0 Å². The van der Waals surface area contributed by atoms with Crippen LogP contribution in [0.15, 0.2) is 42.5 Å². The Morgan fingerprint density at radius 1 is 1.14 bits per heavy atom. The van der Waals surface area contributed by atoms with E-state index in [1.165, 1.54) is 0 Å². The molecule has 0 heterocycles. The molecule has 0 saturated carbocycles. The summed E-state index contributed by atoms with van der Waals surface area (Å²) in [5.74, 6) is 0.989. The van der Waals surface area contributed by atoms with E-state index < -0.39 is 0 Å². The Bertz CT molecular complexity index is 662. The molecule has 0 aliphatic carbocycles. The summed E-state index contributed by atoms with van der Waals surface area (Å²) in [6.07, 6.45) is 0.188. The van der Waals surface area contributed by atoms with Crippen LogP contribution >= 0.6 is 23.2 Å². The summed E-state index contributed by atoms with van der Waals surface area (Å²) in [6, 6.07) is 12.2. The lowest BCUT2D eigenvalue weighted by Gasteiger charge is -2.10. The standard InChI is InChI=1S/C16H15Cl2NO3/c1-21-11-6-7-14(13(18)10-11)19-16(20)8-9-22-15-5-3-2-4-12(15)17/h2-7,10H,8-9H2,1H3,(H,19,20). The molecular weight excluding hydrogens is 325 g/mol. The first kappa shape index (κ1) is 16.5. The van der Waals surface area contributed by atoms with Crippen LogP contribution in [0, 0.1) is 0 Å². The summed E-state index contributed by atoms with van der Waals surface area (Å²) in [7, 11) is 1.55. The second-order valence-electron chi connectivity index (χ2n) is 4.42. The maximum atomic E-state index is 11.9. The number of hydrogen-bond donors (Lipinski definition) is 1. The molecule has 0 aromatic heterocycles. The Morgan fingerprint density at radius 2 is 1.91 bits per heavy atom. The number of anilines is 1. The Morgan fingerprint density at radius 3 is 2.59 bits per heavy atom. The van der Waals surface area contributed by atoms with Crippen LogP contribution in [0.5, 0.6) is 11.5 Å². The molecule has 0 aliphatic heterocycles. The van der Waals surface area contributed by atoms with Crippen molar-refractivity contribution < 1.29 is 14.3 Å². The maximum Gasteiger partial charge on any atom is 0.227 e. The smallest absolute Gasteiger partial charge is 0.227 e. The maximum absolute atomic E-state index is 11.9. The topological polar surface area (TPSA) is 47.6 Å². The average Bonchev–Trinajstić information content (AvgIpc) is 2.51. The fraction of sp³-hybridized carbons (Fsp3) is 0.188. The number of nitrogens with one attached hydrogen (secondary N) is 1. The predicted molar refractivity (Wildman–Crippen MR) is 88.2 cm³/mol. The van der Waals surface area contributed by atoms with Crippen molar-refractivity contribution in [2.45, 2.75) is 6.42 Å². The van der Waals surface area contributed by atoms with Crippen molar-refractivity contribution >= 4 is 34.8 Å². The van der Waals surface area contributed by atoms with Crippen LogP contribution in [0.4, 0.5) is 5.69 Å². The molecule has 116 valence electrons. The molecule has 22 heavy (non-hydrogen) atoms. The SMILES string of the molecule is COc1ccc(NC(=O)CCOc2ccccc2Cl)c(Cl)c1. The van der Waals surface area contributed by atoms with Gasteiger partial charge in [0.15, 0.2) is 0 Å². The van der Waals surface area contributed by atoms with E-state index in [4.69, 9.17) is 32.7 Å². The molecule has 1 N–H and O–H groups in total. The van der Waals surface area contributed by atoms with Gasteiger partial charge in [-0.1, -0.05) is 35.3 Å². The summed E-state index contributed by atoms with van der Waals surface area (Å²) in [4.78, 5) is 11.9. The number of ether oxygens (including phenoxy) is 2. The number of methoxy groups -OCH3 is 1. The molecule has 2 rings (SSSR count). The number of halogens is 2. The Labute approximate surface area is 138 Å². The van der Waals surface area contributed by atoms with Crippen molar-refractivity contribution in [2.75, 3.05) is 19.0 Å². The van der Waals surface area contributed by atoms with Crippen LogP contribution in [0.3, 0.4) is 0 Å². The second-order valence-corrected chi connectivity index (χ2v) is 5.24. The van der Waals surface area contributed by atoms with Crippen molar-refractivity contribution in [3.05, 3.63) is 52.5 Å². The molecule has 4 nitrogen and oxygen atoms in total. The number of para-hydroxylation sites is 1. The van der Waals surface area contributed by atoms with Gasteiger partial charge in [0.25, 0.3) is 0 Å². The van der Waals surface area contributed by atoms with Gasteiger partial charge in [-0.25, -0.2) is 0 Å². The monoisotopic (exact) mass is 339 g/mol. The van der Waals surface area contributed by atoms with Gasteiger partial charge in [-0.05, 0) is 24.3 Å². The molecule has 2 aromatic rings. The van der Waals surface area contributed by atoms with Crippen LogP contribution in [-0.2, 0) is 4.79 Å². The lowest BCUT2D eigenvalue weighted by atomic mass is 10.3. The molecule has 0 unspecified atom stereocenters. The summed E-state index contributed by atoms with van der Waals surface area (Å²) >= 11 is 12.0. The van der Waals surface area contributed by atoms with E-state index in [0.29, 0.717) is 27.2 Å². The van der Waals surface area contributed by atoms with E-state index in [1.54, 1.807) is 37.4 Å². The minimum Gasteiger partial charge on any atom is -0.497 e. The van der Waals surface area contributed by atoms with Crippen LogP contribution < -0.4 is 14.8 Å². The van der Waals surface area contributed by atoms with Crippen molar-refractivity contribution in [3.8, 4) is 11.5 Å². The molecule has 6 heteroatoms. The van der Waals surface area contributed by atoms with Crippen LogP contribution in [0.25, 0.3) is 0 Å². The van der Waals surface area contributed by atoms with Crippen molar-refractivity contribution in [2.24, 2.45) is 0 Å². The Hall–Kier alpha value is -1.91. The zero-order valence-electron chi connectivity index (χ0n) is 11.9. The lowest BCUT2D eigenvalue weighted by Crippen LogP contribution is -2.15. The Kier molecular flexibility index (Phi) is 5.92. The van der Waals surface area contributed by atoms with E-state index in [2.05, 4.69) is 5.32 Å². The molecule has 2 aromatic carbocycles. The normalized spacial score (nSPS) is 10.1. The summed E-state index contributed by atoms with van der Waals surface area (Å²) in [5.41, 5.74) is 0.533. The van der Waals surface area contributed by atoms with Gasteiger partial charge >= 0.3 is 0 Å². The highest BCUT2D eigenvalue weighted by Gasteiger charge is 2.08. The molecule has 0 saturated heterocycles. The molecule has 0 aliphatic rings. The number of rotatable bonds is 6. The van der Waals surface area contributed by atoms with Crippen molar-refractivity contribution in [1.29, 1.82) is 0 Å². The third-order valence-electron chi connectivity index (χ3n) is 2.87. The molecule has 0 spiro atoms. The molecule has 1 amide bonds. The minimum absolute atomic E-state index is 0.188. The number of benzene rings is 2. The van der Waals surface area contributed by atoms with Crippen LogP contribution in [0.1, 0.15) is 6.42 Å². The van der Waals surface area contributed by atoms with Crippen molar-refractivity contribution in [3.63, 3.8) is 0 Å². The Balaban J connectivity index is 1.84. The molecule has 0 radical (unpaired) electrons. The van der Waals surface area contributed by atoms with Gasteiger partial charge < -0.3 is 14.8 Å². The highest BCUT2D eigenvalue weighted by atomic mass is 35.5. The largest absolute Gasteiger partial charge is 0.497 e. The highest BCUT2D eigenvalue weighted by Crippen LogP contribution is 2.27. The molecule has 0 fully saturated rings. The summed E-state index contributed by atoms with van der Waals surface area (Å²) in [5, 5.41) is 3.65. The number of amides is 1. The van der Waals surface area contributed by atoms with Crippen LogP contribution in [-0.4, -0.2) is 19.6 Å². The predicted octanol–water partition coefficient (Wildman–Crippen LogP) is 4.41. The van der Waals surface area contributed by atoms with E-state index in [1.807, 2.05) is 12.1 Å². The number of carbonyl (C=O) groups is 1. The fourth-order valence-electron chi connectivity index (χ4n) is 1.75. The van der Waals surface area contributed by atoms with Crippen LogP contribution in [0.2, 0.25) is 10.0 Å². The van der Waals surface area contributed by atoms with E-state index in [9.17, 15) is 4.79 Å². The number of hydrogen-bond acceptors (Lipinski definition) is 3. The minimum atomic E-state index is -0.195. The first-order chi connectivity index (χ1) is 10.6. The molecule has 0 bridgehead atoms. The quantitative estimate of drug-likeness (QED) is 0.847. The highest BCUT2D eigenvalue weighted by molar-refractivity contribution is 6.33. The van der Waals surface area contributed by atoms with E-state index >= 15 is 0 Å². The van der Waals surface area contributed by atoms with Gasteiger partial charge in [-0.15, -0.1) is 0 Å². The zero-order valence-corrected chi connectivity index (χ0v) is 13.4. The van der Waals surface area contributed by atoms with E-state index in [-0.39, 0.29) is 18.9 Å².